The average molecular weight is 263 g/mol. The van der Waals surface area contributed by atoms with Crippen molar-refractivity contribution in [1.29, 1.82) is 0 Å². The molecule has 6 nitrogen and oxygen atoms in total. The summed E-state index contributed by atoms with van der Waals surface area (Å²) in [7, 11) is 0. The molecule has 1 aromatic carbocycles. The van der Waals surface area contributed by atoms with Gasteiger partial charge in [0.25, 0.3) is 0 Å². The molecule has 0 aliphatic carbocycles. The average Bonchev–Trinajstić information content (AvgIpc) is 2.56. The van der Waals surface area contributed by atoms with Gasteiger partial charge in [-0.3, -0.25) is 9.78 Å². The zero-order valence-corrected chi connectivity index (χ0v) is 10.3. The molecule has 0 spiro atoms. The van der Waals surface area contributed by atoms with Crippen molar-refractivity contribution >= 4 is 6.29 Å². The standard InChI is InChI=1S/C14H9N5O/c20-9-10-4-3-5-11(8-10)13-16-18-14(19-17-13)12-6-1-2-7-15-12/h1-9H. The molecule has 0 atom stereocenters. The molecule has 0 saturated carbocycles. The molecule has 0 aliphatic rings. The fourth-order valence-electron chi connectivity index (χ4n) is 1.69. The maximum Gasteiger partial charge on any atom is 0.221 e. The van der Waals surface area contributed by atoms with Gasteiger partial charge in [0.1, 0.15) is 12.0 Å². The van der Waals surface area contributed by atoms with E-state index in [0.29, 0.717) is 28.5 Å². The molecule has 0 unspecified atom stereocenters. The van der Waals surface area contributed by atoms with Crippen molar-refractivity contribution in [2.45, 2.75) is 0 Å². The quantitative estimate of drug-likeness (QED) is 0.670. The highest BCUT2D eigenvalue weighted by molar-refractivity contribution is 5.77. The fraction of sp³-hybridized carbons (Fsp3) is 0. The van der Waals surface area contributed by atoms with E-state index in [1.165, 1.54) is 0 Å². The summed E-state index contributed by atoms with van der Waals surface area (Å²) in [5, 5.41) is 16.1. The van der Waals surface area contributed by atoms with Crippen LogP contribution in [-0.4, -0.2) is 31.7 Å². The van der Waals surface area contributed by atoms with E-state index in [0.717, 1.165) is 6.29 Å². The minimum Gasteiger partial charge on any atom is -0.298 e. The lowest BCUT2D eigenvalue weighted by Gasteiger charge is -2.00. The summed E-state index contributed by atoms with van der Waals surface area (Å²) in [6.07, 6.45) is 2.42. The van der Waals surface area contributed by atoms with Gasteiger partial charge in [-0.05, 0) is 18.2 Å². The highest BCUT2D eigenvalue weighted by Crippen LogP contribution is 2.15. The predicted molar refractivity (Wildman–Crippen MR) is 71.7 cm³/mol. The Labute approximate surface area is 114 Å². The van der Waals surface area contributed by atoms with Gasteiger partial charge in [-0.2, -0.15) is 0 Å². The summed E-state index contributed by atoms with van der Waals surface area (Å²) >= 11 is 0. The monoisotopic (exact) mass is 263 g/mol. The topological polar surface area (TPSA) is 81.5 Å². The summed E-state index contributed by atoms with van der Waals surface area (Å²) in [4.78, 5) is 14.9. The van der Waals surface area contributed by atoms with Crippen molar-refractivity contribution in [3.63, 3.8) is 0 Å². The number of nitrogens with zero attached hydrogens (tertiary/aromatic N) is 5. The van der Waals surface area contributed by atoms with Crippen molar-refractivity contribution in [2.75, 3.05) is 0 Å². The minimum atomic E-state index is 0.362. The van der Waals surface area contributed by atoms with Crippen LogP contribution in [0.3, 0.4) is 0 Å². The predicted octanol–water partition coefficient (Wildman–Crippen LogP) is 1.81. The van der Waals surface area contributed by atoms with Gasteiger partial charge in [0.05, 0.1) is 0 Å². The normalized spacial score (nSPS) is 10.2. The number of carbonyl (C=O) groups excluding carboxylic acids is 1. The lowest BCUT2D eigenvalue weighted by atomic mass is 10.1. The summed E-state index contributed by atoms with van der Waals surface area (Å²) < 4.78 is 0. The van der Waals surface area contributed by atoms with Crippen molar-refractivity contribution in [1.82, 2.24) is 25.4 Å². The van der Waals surface area contributed by atoms with Crippen LogP contribution < -0.4 is 0 Å². The van der Waals surface area contributed by atoms with Gasteiger partial charge in [-0.25, -0.2) is 0 Å². The SMILES string of the molecule is O=Cc1cccc(-c2nnc(-c3ccccn3)nn2)c1. The Morgan fingerprint density at radius 1 is 0.850 bits per heavy atom. The van der Waals surface area contributed by atoms with Gasteiger partial charge < -0.3 is 0 Å². The second-order valence-electron chi connectivity index (χ2n) is 4.01. The summed E-state index contributed by atoms with van der Waals surface area (Å²) in [5.74, 6) is 0.731. The maximum atomic E-state index is 10.7. The van der Waals surface area contributed by atoms with E-state index in [4.69, 9.17) is 0 Å². The molecule has 0 saturated heterocycles. The maximum absolute atomic E-state index is 10.7. The third-order valence-electron chi connectivity index (χ3n) is 2.65. The van der Waals surface area contributed by atoms with Crippen molar-refractivity contribution < 1.29 is 4.79 Å². The number of pyridine rings is 1. The molecule has 20 heavy (non-hydrogen) atoms. The van der Waals surface area contributed by atoms with Gasteiger partial charge in [-0.15, -0.1) is 20.4 Å². The molecule has 0 aliphatic heterocycles. The molecule has 0 N–H and O–H groups in total. The van der Waals surface area contributed by atoms with E-state index < -0.39 is 0 Å². The number of aldehydes is 1. The second-order valence-corrected chi connectivity index (χ2v) is 4.01. The third-order valence-corrected chi connectivity index (χ3v) is 2.65. The first-order chi connectivity index (χ1) is 9.86. The van der Waals surface area contributed by atoms with E-state index in [1.807, 2.05) is 12.1 Å². The minimum absolute atomic E-state index is 0.362. The first-order valence-corrected chi connectivity index (χ1v) is 5.91. The molecule has 2 aromatic heterocycles. The Hall–Kier alpha value is -3.02. The van der Waals surface area contributed by atoms with Crippen LogP contribution in [0, 0.1) is 0 Å². The number of carbonyl (C=O) groups is 1. The van der Waals surface area contributed by atoms with E-state index >= 15 is 0 Å². The van der Waals surface area contributed by atoms with E-state index in [2.05, 4.69) is 25.4 Å². The molecule has 0 amide bonds. The van der Waals surface area contributed by atoms with Crippen LogP contribution in [0.4, 0.5) is 0 Å². The highest BCUT2D eigenvalue weighted by Gasteiger charge is 2.07. The van der Waals surface area contributed by atoms with Crippen molar-refractivity contribution in [3.05, 3.63) is 54.2 Å². The molecular weight excluding hydrogens is 254 g/mol. The van der Waals surface area contributed by atoms with Gasteiger partial charge in [-0.1, -0.05) is 24.3 Å². The van der Waals surface area contributed by atoms with Crippen LogP contribution in [-0.2, 0) is 0 Å². The number of benzene rings is 1. The van der Waals surface area contributed by atoms with Crippen LogP contribution in [0.5, 0.6) is 0 Å². The van der Waals surface area contributed by atoms with E-state index in [-0.39, 0.29) is 0 Å². The van der Waals surface area contributed by atoms with Crippen LogP contribution in [0.2, 0.25) is 0 Å². The van der Waals surface area contributed by atoms with E-state index in [9.17, 15) is 4.79 Å². The van der Waals surface area contributed by atoms with Crippen molar-refractivity contribution in [2.24, 2.45) is 0 Å². The number of rotatable bonds is 3. The Balaban J connectivity index is 1.95. The molecule has 3 aromatic rings. The summed E-state index contributed by atoms with van der Waals surface area (Å²) in [5.41, 5.74) is 1.86. The molecule has 96 valence electrons. The largest absolute Gasteiger partial charge is 0.298 e. The first-order valence-electron chi connectivity index (χ1n) is 5.91. The Bertz CT molecular complexity index is 728. The van der Waals surface area contributed by atoms with Crippen LogP contribution in [0.1, 0.15) is 10.4 Å². The highest BCUT2D eigenvalue weighted by atomic mass is 16.1. The number of hydrogen-bond donors (Lipinski definition) is 0. The molecular formula is C14H9N5O. The second kappa shape index (κ2) is 5.31. The lowest BCUT2D eigenvalue weighted by molar-refractivity contribution is 0.112. The van der Waals surface area contributed by atoms with Gasteiger partial charge in [0.15, 0.2) is 0 Å². The number of aromatic nitrogens is 5. The van der Waals surface area contributed by atoms with Crippen LogP contribution in [0.25, 0.3) is 22.9 Å². The summed E-state index contributed by atoms with van der Waals surface area (Å²) in [6.45, 7) is 0. The zero-order chi connectivity index (χ0) is 13.8. The van der Waals surface area contributed by atoms with Crippen LogP contribution >= 0.6 is 0 Å². The third kappa shape index (κ3) is 2.39. The zero-order valence-electron chi connectivity index (χ0n) is 10.3. The fourth-order valence-corrected chi connectivity index (χ4v) is 1.69. The molecule has 3 rings (SSSR count). The Morgan fingerprint density at radius 2 is 1.65 bits per heavy atom. The van der Waals surface area contributed by atoms with Crippen molar-refractivity contribution in [3.8, 4) is 22.9 Å². The van der Waals surface area contributed by atoms with Gasteiger partial charge >= 0.3 is 0 Å². The van der Waals surface area contributed by atoms with Gasteiger partial charge in [0, 0.05) is 17.3 Å². The Morgan fingerprint density at radius 3 is 2.35 bits per heavy atom. The lowest BCUT2D eigenvalue weighted by Crippen LogP contribution is -2.00. The summed E-state index contributed by atoms with van der Waals surface area (Å²) in [6, 6.07) is 12.4. The molecule has 6 heteroatoms. The molecule has 2 heterocycles. The first kappa shape index (κ1) is 12.0. The van der Waals surface area contributed by atoms with Crippen LogP contribution in [0.15, 0.2) is 48.7 Å². The molecule has 0 bridgehead atoms. The van der Waals surface area contributed by atoms with Gasteiger partial charge in [0.2, 0.25) is 11.6 Å². The Kier molecular flexibility index (Phi) is 3.20. The molecule has 0 radical (unpaired) electrons. The number of hydrogen-bond acceptors (Lipinski definition) is 6. The smallest absolute Gasteiger partial charge is 0.221 e. The van der Waals surface area contributed by atoms with E-state index in [1.54, 1.807) is 36.5 Å². The molecule has 0 fully saturated rings.